The molecule has 0 saturated carbocycles. The quantitative estimate of drug-likeness (QED) is 0.817. The minimum atomic E-state index is -0.766. The molecule has 4 heteroatoms. The van der Waals surface area contributed by atoms with E-state index >= 15 is 0 Å². The molecule has 0 atom stereocenters. The van der Waals surface area contributed by atoms with Gasteiger partial charge in [0.2, 0.25) is 0 Å². The van der Waals surface area contributed by atoms with Gasteiger partial charge < -0.3 is 5.11 Å². The van der Waals surface area contributed by atoms with Crippen LogP contribution in [0.4, 0.5) is 0 Å². The normalized spacial score (nSPS) is 8.85. The van der Waals surface area contributed by atoms with Crippen LogP contribution < -0.4 is 0 Å². The van der Waals surface area contributed by atoms with Gasteiger partial charge in [0.1, 0.15) is 0 Å². The lowest BCUT2D eigenvalue weighted by atomic mass is 10.3. The van der Waals surface area contributed by atoms with Crippen molar-refractivity contribution in [1.82, 2.24) is 4.98 Å². The summed E-state index contributed by atoms with van der Waals surface area (Å²) in [4.78, 5) is 15.3. The smallest absolute Gasteiger partial charge is 0.303 e. The van der Waals surface area contributed by atoms with Crippen molar-refractivity contribution in [3.8, 4) is 0 Å². The van der Waals surface area contributed by atoms with E-state index in [0.717, 1.165) is 9.88 Å². The third-order valence-corrected chi connectivity index (χ3v) is 2.19. The van der Waals surface area contributed by atoms with Crippen molar-refractivity contribution < 1.29 is 9.90 Å². The number of rotatable bonds is 3. The van der Waals surface area contributed by atoms with Crippen LogP contribution in [0.1, 0.15) is 30.2 Å². The van der Waals surface area contributed by atoms with Crippen molar-refractivity contribution in [3.05, 3.63) is 16.1 Å². The SMILES string of the molecule is CC.Cc1cnc(CCC(=O)O)s1. The van der Waals surface area contributed by atoms with E-state index in [1.165, 1.54) is 0 Å². The van der Waals surface area contributed by atoms with Gasteiger partial charge in [-0.15, -0.1) is 11.3 Å². The molecule has 0 aliphatic heterocycles. The van der Waals surface area contributed by atoms with Crippen LogP contribution in [0.5, 0.6) is 0 Å². The predicted octanol–water partition coefficient (Wildman–Crippen LogP) is 2.49. The molecule has 1 heterocycles. The molecular formula is C9H15NO2S. The molecule has 3 nitrogen and oxygen atoms in total. The van der Waals surface area contributed by atoms with Crippen LogP contribution in [0.2, 0.25) is 0 Å². The number of aliphatic carboxylic acids is 1. The predicted molar refractivity (Wildman–Crippen MR) is 54.2 cm³/mol. The number of thiazole rings is 1. The molecule has 1 N–H and O–H groups in total. The van der Waals surface area contributed by atoms with Crippen molar-refractivity contribution in [2.45, 2.75) is 33.6 Å². The second-order valence-electron chi connectivity index (χ2n) is 2.26. The summed E-state index contributed by atoms with van der Waals surface area (Å²) in [6.45, 7) is 5.96. The van der Waals surface area contributed by atoms with Crippen LogP contribution in [0.15, 0.2) is 6.20 Å². The molecule has 1 aromatic heterocycles. The lowest BCUT2D eigenvalue weighted by Crippen LogP contribution is -1.96. The van der Waals surface area contributed by atoms with Gasteiger partial charge in [0.05, 0.1) is 11.4 Å². The highest BCUT2D eigenvalue weighted by Gasteiger charge is 2.01. The molecule has 0 spiro atoms. The molecule has 0 saturated heterocycles. The van der Waals surface area contributed by atoms with E-state index in [4.69, 9.17) is 5.11 Å². The van der Waals surface area contributed by atoms with E-state index in [1.54, 1.807) is 17.5 Å². The van der Waals surface area contributed by atoms with Gasteiger partial charge in [-0.2, -0.15) is 0 Å². The second-order valence-corrected chi connectivity index (χ2v) is 3.58. The Morgan fingerprint density at radius 2 is 2.23 bits per heavy atom. The molecule has 1 aromatic rings. The lowest BCUT2D eigenvalue weighted by Gasteiger charge is -1.88. The molecule has 0 aliphatic carbocycles. The van der Waals surface area contributed by atoms with Crippen LogP contribution in [0.25, 0.3) is 0 Å². The van der Waals surface area contributed by atoms with Crippen molar-refractivity contribution in [2.75, 3.05) is 0 Å². The van der Waals surface area contributed by atoms with E-state index in [-0.39, 0.29) is 6.42 Å². The maximum absolute atomic E-state index is 10.2. The molecule has 0 aromatic carbocycles. The average Bonchev–Trinajstić information content (AvgIpc) is 2.52. The first-order chi connectivity index (χ1) is 6.18. The fourth-order valence-electron chi connectivity index (χ4n) is 0.731. The number of carbonyl (C=O) groups is 1. The Hall–Kier alpha value is -0.900. The lowest BCUT2D eigenvalue weighted by molar-refractivity contribution is -0.136. The Bertz CT molecular complexity index is 258. The Morgan fingerprint density at radius 1 is 1.62 bits per heavy atom. The Kier molecular flexibility index (Phi) is 6.14. The van der Waals surface area contributed by atoms with Crippen LogP contribution in [-0.2, 0) is 11.2 Å². The molecule has 0 bridgehead atoms. The summed E-state index contributed by atoms with van der Waals surface area (Å²) in [6.07, 6.45) is 2.49. The van der Waals surface area contributed by atoms with Crippen molar-refractivity contribution in [3.63, 3.8) is 0 Å². The summed E-state index contributed by atoms with van der Waals surface area (Å²) in [5, 5.41) is 9.27. The molecular weight excluding hydrogens is 186 g/mol. The summed E-state index contributed by atoms with van der Waals surface area (Å²) >= 11 is 1.56. The monoisotopic (exact) mass is 201 g/mol. The molecule has 0 amide bonds. The first-order valence-corrected chi connectivity index (χ1v) is 5.13. The zero-order valence-corrected chi connectivity index (χ0v) is 9.02. The maximum atomic E-state index is 10.2. The second kappa shape index (κ2) is 6.60. The number of carboxylic acids is 1. The summed E-state index contributed by atoms with van der Waals surface area (Å²) in [5.74, 6) is -0.766. The molecule has 0 unspecified atom stereocenters. The van der Waals surface area contributed by atoms with E-state index < -0.39 is 5.97 Å². The van der Waals surface area contributed by atoms with Gasteiger partial charge in [-0.1, -0.05) is 13.8 Å². The number of hydrogen-bond donors (Lipinski definition) is 1. The molecule has 0 fully saturated rings. The minimum absolute atomic E-state index is 0.174. The number of nitrogens with zero attached hydrogens (tertiary/aromatic N) is 1. The standard InChI is InChI=1S/C7H9NO2S.C2H6/c1-5-4-8-6(11-5)2-3-7(9)10;1-2/h4H,2-3H2,1H3,(H,9,10);1-2H3. The van der Waals surface area contributed by atoms with E-state index in [9.17, 15) is 4.79 Å². The van der Waals surface area contributed by atoms with Gasteiger partial charge in [0.15, 0.2) is 0 Å². The van der Waals surface area contributed by atoms with Gasteiger partial charge in [-0.05, 0) is 6.92 Å². The first kappa shape index (κ1) is 12.1. The van der Waals surface area contributed by atoms with Gasteiger partial charge in [0, 0.05) is 17.5 Å². The van der Waals surface area contributed by atoms with Crippen LogP contribution in [-0.4, -0.2) is 16.1 Å². The third kappa shape index (κ3) is 5.36. The zero-order chi connectivity index (χ0) is 10.3. The van der Waals surface area contributed by atoms with Gasteiger partial charge in [-0.3, -0.25) is 4.79 Å². The minimum Gasteiger partial charge on any atom is -0.481 e. The van der Waals surface area contributed by atoms with E-state index in [0.29, 0.717) is 6.42 Å². The third-order valence-electron chi connectivity index (χ3n) is 1.22. The van der Waals surface area contributed by atoms with Crippen molar-refractivity contribution >= 4 is 17.3 Å². The summed E-state index contributed by atoms with van der Waals surface area (Å²) < 4.78 is 0. The first-order valence-electron chi connectivity index (χ1n) is 4.31. The summed E-state index contributed by atoms with van der Waals surface area (Å²) in [7, 11) is 0. The highest BCUT2D eigenvalue weighted by atomic mass is 32.1. The van der Waals surface area contributed by atoms with Crippen LogP contribution in [0, 0.1) is 6.92 Å². The Balaban J connectivity index is 0.000000671. The van der Waals surface area contributed by atoms with Gasteiger partial charge in [0.25, 0.3) is 0 Å². The van der Waals surface area contributed by atoms with Crippen molar-refractivity contribution in [1.29, 1.82) is 0 Å². The van der Waals surface area contributed by atoms with Gasteiger partial charge in [-0.25, -0.2) is 4.98 Å². The van der Waals surface area contributed by atoms with Gasteiger partial charge >= 0.3 is 5.97 Å². The largest absolute Gasteiger partial charge is 0.481 e. The Morgan fingerprint density at radius 3 is 2.62 bits per heavy atom. The molecule has 74 valence electrons. The fourth-order valence-corrected chi connectivity index (χ4v) is 1.52. The van der Waals surface area contributed by atoms with Crippen LogP contribution in [0.3, 0.4) is 0 Å². The maximum Gasteiger partial charge on any atom is 0.303 e. The van der Waals surface area contributed by atoms with Crippen molar-refractivity contribution in [2.24, 2.45) is 0 Å². The number of hydrogen-bond acceptors (Lipinski definition) is 3. The number of carboxylic acid groups (broad SMARTS) is 1. The molecule has 0 aliphatic rings. The summed E-state index contributed by atoms with van der Waals surface area (Å²) in [6, 6.07) is 0. The zero-order valence-electron chi connectivity index (χ0n) is 8.20. The highest BCUT2D eigenvalue weighted by Crippen LogP contribution is 2.12. The fraction of sp³-hybridized carbons (Fsp3) is 0.556. The Labute approximate surface area is 82.4 Å². The van der Waals surface area contributed by atoms with E-state index in [2.05, 4.69) is 4.98 Å². The number of aromatic nitrogens is 1. The number of aryl methyl sites for hydroxylation is 2. The van der Waals surface area contributed by atoms with Crippen LogP contribution >= 0.6 is 11.3 Å². The molecule has 0 radical (unpaired) electrons. The topological polar surface area (TPSA) is 50.2 Å². The average molecular weight is 201 g/mol. The molecule has 13 heavy (non-hydrogen) atoms. The highest BCUT2D eigenvalue weighted by molar-refractivity contribution is 7.11. The summed E-state index contributed by atoms with van der Waals surface area (Å²) in [5.41, 5.74) is 0. The van der Waals surface area contributed by atoms with E-state index in [1.807, 2.05) is 20.8 Å². The molecule has 1 rings (SSSR count).